The van der Waals surface area contributed by atoms with E-state index in [1.807, 2.05) is 0 Å². The molecule has 0 aliphatic carbocycles. The Morgan fingerprint density at radius 2 is 2.05 bits per heavy atom. The topological polar surface area (TPSA) is 37.8 Å². The van der Waals surface area contributed by atoms with E-state index in [4.69, 9.17) is 11.6 Å². The Balaban J connectivity index is 2.16. The molecule has 100 valence electrons. The van der Waals surface area contributed by atoms with Crippen LogP contribution >= 0.6 is 23.4 Å². The minimum absolute atomic E-state index is 0.261. The second kappa shape index (κ2) is 6.73. The van der Waals surface area contributed by atoms with Gasteiger partial charge in [0.05, 0.1) is 11.2 Å². The quantitative estimate of drug-likeness (QED) is 0.838. The lowest BCUT2D eigenvalue weighted by atomic mass is 10.4. The number of hydrogen-bond donors (Lipinski definition) is 1. The van der Waals surface area contributed by atoms with Crippen molar-refractivity contribution in [1.82, 2.24) is 9.97 Å². The third-order valence-electron chi connectivity index (χ3n) is 2.27. The Hall–Kier alpha value is -1.33. The molecule has 2 aromatic rings. The summed E-state index contributed by atoms with van der Waals surface area (Å²) in [6.07, 6.45) is 2.56. The highest BCUT2D eigenvalue weighted by molar-refractivity contribution is 7.99. The van der Waals surface area contributed by atoms with Crippen molar-refractivity contribution < 1.29 is 4.39 Å². The van der Waals surface area contributed by atoms with E-state index in [0.29, 0.717) is 16.0 Å². The molecule has 0 aliphatic rings. The van der Waals surface area contributed by atoms with Crippen molar-refractivity contribution in [2.24, 2.45) is 0 Å². The zero-order valence-electron chi connectivity index (χ0n) is 10.4. The van der Waals surface area contributed by atoms with E-state index in [9.17, 15) is 4.39 Å². The van der Waals surface area contributed by atoms with Gasteiger partial charge in [-0.05, 0) is 30.7 Å². The van der Waals surface area contributed by atoms with Crippen LogP contribution < -0.4 is 5.32 Å². The van der Waals surface area contributed by atoms with Crippen LogP contribution in [0.5, 0.6) is 0 Å². The highest BCUT2D eigenvalue weighted by atomic mass is 35.5. The molecule has 19 heavy (non-hydrogen) atoms. The van der Waals surface area contributed by atoms with Gasteiger partial charge < -0.3 is 5.32 Å². The van der Waals surface area contributed by atoms with E-state index >= 15 is 0 Å². The minimum Gasteiger partial charge on any atom is -0.354 e. The molecule has 1 N–H and O–H groups in total. The second-order valence-electron chi connectivity index (χ2n) is 3.83. The summed E-state index contributed by atoms with van der Waals surface area (Å²) in [5.41, 5.74) is 0. The normalized spacial score (nSPS) is 10.5. The fourth-order valence-corrected chi connectivity index (χ4v) is 2.34. The van der Waals surface area contributed by atoms with Gasteiger partial charge in [0.15, 0.2) is 0 Å². The maximum absolute atomic E-state index is 12.8. The van der Waals surface area contributed by atoms with Gasteiger partial charge in [0.2, 0.25) is 5.95 Å². The summed E-state index contributed by atoms with van der Waals surface area (Å²) in [6, 6.07) is 6.20. The number of halogens is 2. The van der Waals surface area contributed by atoms with Gasteiger partial charge in [-0.15, -0.1) is 0 Å². The van der Waals surface area contributed by atoms with Crippen molar-refractivity contribution in [1.29, 1.82) is 0 Å². The first-order valence-electron chi connectivity index (χ1n) is 5.89. The molecule has 0 spiro atoms. The lowest BCUT2D eigenvalue weighted by molar-refractivity contribution is 0.626. The highest BCUT2D eigenvalue weighted by Crippen LogP contribution is 2.31. The largest absolute Gasteiger partial charge is 0.354 e. The van der Waals surface area contributed by atoms with Gasteiger partial charge in [0.25, 0.3) is 0 Å². The van der Waals surface area contributed by atoms with Crippen LogP contribution in [0, 0.1) is 5.82 Å². The Kier molecular flexibility index (Phi) is 4.99. The molecule has 0 saturated carbocycles. The molecular weight excluding hydrogens is 285 g/mol. The minimum atomic E-state index is -0.261. The summed E-state index contributed by atoms with van der Waals surface area (Å²) in [5.74, 6) is 0.291. The Morgan fingerprint density at radius 3 is 2.74 bits per heavy atom. The average Bonchev–Trinajstić information content (AvgIpc) is 2.42. The molecule has 2 rings (SSSR count). The predicted molar refractivity (Wildman–Crippen MR) is 76.3 cm³/mol. The first-order valence-corrected chi connectivity index (χ1v) is 7.08. The maximum Gasteiger partial charge on any atom is 0.223 e. The molecule has 6 heteroatoms. The number of aromatic nitrogens is 2. The summed E-state index contributed by atoms with van der Waals surface area (Å²) in [5, 5.41) is 4.24. The van der Waals surface area contributed by atoms with E-state index in [1.165, 1.54) is 23.9 Å². The summed E-state index contributed by atoms with van der Waals surface area (Å²) in [6.45, 7) is 2.87. The summed E-state index contributed by atoms with van der Waals surface area (Å²) < 4.78 is 12.8. The Labute approximate surface area is 120 Å². The van der Waals surface area contributed by atoms with Crippen LogP contribution in [0.3, 0.4) is 0 Å². The van der Waals surface area contributed by atoms with Crippen LogP contribution in [0.15, 0.2) is 40.4 Å². The zero-order valence-corrected chi connectivity index (χ0v) is 11.9. The van der Waals surface area contributed by atoms with E-state index in [1.54, 1.807) is 18.3 Å². The number of benzene rings is 1. The molecule has 0 unspecified atom stereocenters. The van der Waals surface area contributed by atoms with Gasteiger partial charge in [0, 0.05) is 11.4 Å². The SMILES string of the molecule is CCCNc1ncc(Cl)c(Sc2ccc(F)cc2)n1. The Morgan fingerprint density at radius 1 is 1.32 bits per heavy atom. The van der Waals surface area contributed by atoms with E-state index in [2.05, 4.69) is 22.2 Å². The molecule has 3 nitrogen and oxygen atoms in total. The number of nitrogens with one attached hydrogen (secondary N) is 1. The number of hydrogen-bond acceptors (Lipinski definition) is 4. The van der Waals surface area contributed by atoms with Crippen molar-refractivity contribution in [3.05, 3.63) is 41.3 Å². The van der Waals surface area contributed by atoms with Crippen molar-refractivity contribution in [3.8, 4) is 0 Å². The molecule has 0 aliphatic heterocycles. The van der Waals surface area contributed by atoms with Crippen molar-refractivity contribution in [2.45, 2.75) is 23.3 Å². The molecule has 1 aromatic carbocycles. The lowest BCUT2D eigenvalue weighted by Gasteiger charge is -2.07. The highest BCUT2D eigenvalue weighted by Gasteiger charge is 2.07. The monoisotopic (exact) mass is 297 g/mol. The smallest absolute Gasteiger partial charge is 0.223 e. The lowest BCUT2D eigenvalue weighted by Crippen LogP contribution is -2.04. The second-order valence-corrected chi connectivity index (χ2v) is 5.30. The fourth-order valence-electron chi connectivity index (χ4n) is 1.36. The molecule has 0 saturated heterocycles. The molecule has 1 aromatic heterocycles. The summed E-state index contributed by atoms with van der Waals surface area (Å²) in [7, 11) is 0. The first kappa shape index (κ1) is 14.1. The van der Waals surface area contributed by atoms with E-state index in [-0.39, 0.29) is 5.82 Å². The number of anilines is 1. The number of rotatable bonds is 5. The van der Waals surface area contributed by atoms with Crippen LogP contribution in [0.4, 0.5) is 10.3 Å². The molecule has 1 heterocycles. The van der Waals surface area contributed by atoms with Crippen LogP contribution in [0.1, 0.15) is 13.3 Å². The van der Waals surface area contributed by atoms with E-state index in [0.717, 1.165) is 17.9 Å². The molecule has 0 atom stereocenters. The Bertz CT molecular complexity index is 548. The first-order chi connectivity index (χ1) is 9.19. The predicted octanol–water partition coefficient (Wildman–Crippen LogP) is 4.24. The van der Waals surface area contributed by atoms with Gasteiger partial charge in [-0.2, -0.15) is 0 Å². The maximum atomic E-state index is 12.8. The van der Waals surface area contributed by atoms with Crippen LogP contribution in [0.25, 0.3) is 0 Å². The van der Waals surface area contributed by atoms with Crippen molar-refractivity contribution >= 4 is 29.3 Å². The van der Waals surface area contributed by atoms with Gasteiger partial charge in [-0.3, -0.25) is 0 Å². The molecular formula is C13H13ClFN3S. The number of nitrogens with zero attached hydrogens (tertiary/aromatic N) is 2. The van der Waals surface area contributed by atoms with Crippen LogP contribution in [-0.2, 0) is 0 Å². The van der Waals surface area contributed by atoms with Crippen LogP contribution in [-0.4, -0.2) is 16.5 Å². The molecule has 0 bridgehead atoms. The fraction of sp³-hybridized carbons (Fsp3) is 0.231. The van der Waals surface area contributed by atoms with Gasteiger partial charge in [0.1, 0.15) is 10.8 Å². The van der Waals surface area contributed by atoms with Gasteiger partial charge in [-0.1, -0.05) is 30.3 Å². The third-order valence-corrected chi connectivity index (χ3v) is 3.67. The molecule has 0 fully saturated rings. The average molecular weight is 298 g/mol. The summed E-state index contributed by atoms with van der Waals surface area (Å²) >= 11 is 7.44. The van der Waals surface area contributed by atoms with Gasteiger partial charge in [-0.25, -0.2) is 14.4 Å². The van der Waals surface area contributed by atoms with Crippen molar-refractivity contribution in [3.63, 3.8) is 0 Å². The van der Waals surface area contributed by atoms with Crippen LogP contribution in [0.2, 0.25) is 5.02 Å². The standard InChI is InChI=1S/C13H13ClFN3S/c1-2-7-16-13-17-8-11(14)12(18-13)19-10-5-3-9(15)4-6-10/h3-6,8H,2,7H2,1H3,(H,16,17,18). The molecule has 0 radical (unpaired) electrons. The van der Waals surface area contributed by atoms with Crippen molar-refractivity contribution in [2.75, 3.05) is 11.9 Å². The third kappa shape index (κ3) is 4.08. The molecule has 0 amide bonds. The summed E-state index contributed by atoms with van der Waals surface area (Å²) in [4.78, 5) is 9.33. The zero-order chi connectivity index (χ0) is 13.7. The van der Waals surface area contributed by atoms with Gasteiger partial charge >= 0.3 is 0 Å². The van der Waals surface area contributed by atoms with E-state index < -0.39 is 0 Å².